The van der Waals surface area contributed by atoms with E-state index in [4.69, 9.17) is 9.57 Å². The van der Waals surface area contributed by atoms with Crippen molar-refractivity contribution in [1.82, 2.24) is 14.7 Å². The molecule has 0 aromatic carbocycles. The van der Waals surface area contributed by atoms with Gasteiger partial charge in [0, 0.05) is 24.9 Å². The number of carbonyl (C=O) groups excluding carboxylic acids is 1. The number of carbonyl (C=O) groups is 1. The van der Waals surface area contributed by atoms with Gasteiger partial charge in [0.2, 0.25) is 0 Å². The Morgan fingerprint density at radius 1 is 1.42 bits per heavy atom. The number of rotatable bonds is 1. The highest BCUT2D eigenvalue weighted by Gasteiger charge is 2.34. The first kappa shape index (κ1) is 18.4. The lowest BCUT2D eigenvalue weighted by molar-refractivity contribution is 0.0223. The number of fused-ring (bicyclic) bond motifs is 3. The highest BCUT2D eigenvalue weighted by atomic mass is 16.6. The van der Waals surface area contributed by atoms with Crippen molar-refractivity contribution in [3.8, 4) is 0 Å². The molecule has 8 nitrogen and oxygen atoms in total. The van der Waals surface area contributed by atoms with Crippen molar-refractivity contribution in [2.24, 2.45) is 5.16 Å². The predicted octanol–water partition coefficient (Wildman–Crippen LogP) is 1.85. The Bertz CT molecular complexity index is 760. The van der Waals surface area contributed by atoms with Gasteiger partial charge in [0.25, 0.3) is 0 Å². The molecule has 2 aliphatic rings. The summed E-state index contributed by atoms with van der Waals surface area (Å²) in [6, 6.07) is 0. The fraction of sp³-hybridized carbons (Fsp3) is 0.611. The highest BCUT2D eigenvalue weighted by Crippen LogP contribution is 2.29. The van der Waals surface area contributed by atoms with Gasteiger partial charge in [-0.1, -0.05) is 11.7 Å². The van der Waals surface area contributed by atoms with E-state index in [1.54, 1.807) is 9.58 Å². The first-order valence-electron chi connectivity index (χ1n) is 8.74. The van der Waals surface area contributed by atoms with Crippen LogP contribution < -0.4 is 0 Å². The second kappa shape index (κ2) is 6.75. The van der Waals surface area contributed by atoms with Crippen LogP contribution in [0, 0.1) is 0 Å². The summed E-state index contributed by atoms with van der Waals surface area (Å²) in [5.74, 6) is 0. The molecule has 1 aromatic heterocycles. The standard InChI is InChI=1S/C18H26N4O4/c1-11-8-12(23)9-22-16(15(11)20-25-5)13-10-21(7-6-14(13)19-22)17(24)26-18(2,3)4/h12,23H,1,6-10H2,2-5H3/b20-15+. The number of ether oxygens (including phenoxy) is 1. The average Bonchev–Trinajstić information content (AvgIpc) is 2.81. The van der Waals surface area contributed by atoms with E-state index in [1.807, 2.05) is 20.8 Å². The van der Waals surface area contributed by atoms with Crippen LogP contribution in [-0.4, -0.2) is 57.0 Å². The number of hydrogen-bond acceptors (Lipinski definition) is 6. The van der Waals surface area contributed by atoms with Crippen LogP contribution in [0.4, 0.5) is 4.79 Å². The maximum Gasteiger partial charge on any atom is 0.410 e. The van der Waals surface area contributed by atoms with Gasteiger partial charge in [-0.25, -0.2) is 4.79 Å². The van der Waals surface area contributed by atoms with Crippen LogP contribution in [-0.2, 0) is 29.1 Å². The van der Waals surface area contributed by atoms with E-state index in [2.05, 4.69) is 16.8 Å². The molecule has 0 fully saturated rings. The van der Waals surface area contributed by atoms with Crippen molar-refractivity contribution < 1.29 is 19.5 Å². The number of oxime groups is 1. The largest absolute Gasteiger partial charge is 0.444 e. The lowest BCUT2D eigenvalue weighted by atomic mass is 9.98. The topological polar surface area (TPSA) is 89.2 Å². The fourth-order valence-corrected chi connectivity index (χ4v) is 3.32. The molecule has 0 saturated heterocycles. The molecule has 0 radical (unpaired) electrons. The summed E-state index contributed by atoms with van der Waals surface area (Å²) >= 11 is 0. The summed E-state index contributed by atoms with van der Waals surface area (Å²) in [6.07, 6.45) is 0.0861. The molecule has 0 aliphatic carbocycles. The maximum absolute atomic E-state index is 12.5. The molecule has 8 heteroatoms. The Balaban J connectivity index is 1.97. The van der Waals surface area contributed by atoms with Gasteiger partial charge in [-0.15, -0.1) is 0 Å². The highest BCUT2D eigenvalue weighted by molar-refractivity contribution is 6.12. The van der Waals surface area contributed by atoms with Crippen molar-refractivity contribution in [1.29, 1.82) is 0 Å². The summed E-state index contributed by atoms with van der Waals surface area (Å²) in [5.41, 5.74) is 3.29. The monoisotopic (exact) mass is 362 g/mol. The molecule has 1 atom stereocenters. The number of hydrogen-bond donors (Lipinski definition) is 1. The Hall–Kier alpha value is -2.35. The quantitative estimate of drug-likeness (QED) is 0.770. The third kappa shape index (κ3) is 3.60. The molecule has 0 spiro atoms. The molecule has 0 bridgehead atoms. The zero-order valence-corrected chi connectivity index (χ0v) is 15.8. The molecule has 142 valence electrons. The van der Waals surface area contributed by atoms with E-state index in [0.717, 1.165) is 17.0 Å². The summed E-state index contributed by atoms with van der Waals surface area (Å²) in [4.78, 5) is 19.1. The second-order valence-electron chi connectivity index (χ2n) is 7.69. The molecule has 0 saturated carbocycles. The first-order valence-corrected chi connectivity index (χ1v) is 8.74. The molecule has 1 amide bonds. The molecule has 1 unspecified atom stereocenters. The van der Waals surface area contributed by atoms with E-state index < -0.39 is 11.7 Å². The Kier molecular flexibility index (Phi) is 4.79. The summed E-state index contributed by atoms with van der Waals surface area (Å²) in [5, 5.41) is 19.0. The van der Waals surface area contributed by atoms with Gasteiger partial charge in [0.15, 0.2) is 0 Å². The molecule has 3 rings (SSSR count). The Morgan fingerprint density at radius 3 is 2.81 bits per heavy atom. The van der Waals surface area contributed by atoms with Gasteiger partial charge in [-0.2, -0.15) is 5.10 Å². The summed E-state index contributed by atoms with van der Waals surface area (Å²) in [7, 11) is 1.47. The smallest absolute Gasteiger partial charge is 0.410 e. The Labute approximate surface area is 153 Å². The third-order valence-corrected chi connectivity index (χ3v) is 4.36. The van der Waals surface area contributed by atoms with Crippen molar-refractivity contribution in [3.63, 3.8) is 0 Å². The van der Waals surface area contributed by atoms with Gasteiger partial charge >= 0.3 is 6.09 Å². The zero-order chi connectivity index (χ0) is 19.1. The average molecular weight is 362 g/mol. The fourth-order valence-electron chi connectivity index (χ4n) is 3.32. The van der Waals surface area contributed by atoms with Crippen LogP contribution in [0.1, 0.15) is 44.1 Å². The lowest BCUT2D eigenvalue weighted by Crippen LogP contribution is -2.40. The second-order valence-corrected chi connectivity index (χ2v) is 7.69. The van der Waals surface area contributed by atoms with Crippen LogP contribution >= 0.6 is 0 Å². The number of aromatic nitrogens is 2. The molecule has 26 heavy (non-hydrogen) atoms. The number of amides is 1. The van der Waals surface area contributed by atoms with Gasteiger partial charge < -0.3 is 19.6 Å². The van der Waals surface area contributed by atoms with E-state index in [9.17, 15) is 9.90 Å². The molecular weight excluding hydrogens is 336 g/mol. The number of aliphatic hydroxyl groups is 1. The van der Waals surface area contributed by atoms with Crippen LogP contribution in [0.15, 0.2) is 17.3 Å². The minimum Gasteiger partial charge on any atom is -0.444 e. The molecular formula is C18H26N4O4. The summed E-state index contributed by atoms with van der Waals surface area (Å²) in [6.45, 7) is 10.9. The third-order valence-electron chi connectivity index (χ3n) is 4.36. The minimum atomic E-state index is -0.589. The van der Waals surface area contributed by atoms with Gasteiger partial charge in [0.1, 0.15) is 18.4 Å². The van der Waals surface area contributed by atoms with Crippen molar-refractivity contribution in [3.05, 3.63) is 29.1 Å². The van der Waals surface area contributed by atoms with Crippen LogP contribution in [0.25, 0.3) is 0 Å². The van der Waals surface area contributed by atoms with Crippen molar-refractivity contribution in [2.75, 3.05) is 13.7 Å². The van der Waals surface area contributed by atoms with Crippen LogP contribution in [0.3, 0.4) is 0 Å². The number of aliphatic hydroxyl groups excluding tert-OH is 1. The van der Waals surface area contributed by atoms with Crippen LogP contribution in [0.5, 0.6) is 0 Å². The normalized spacial score (nSPS) is 21.9. The molecule has 3 heterocycles. The van der Waals surface area contributed by atoms with Gasteiger partial charge in [-0.3, -0.25) is 4.68 Å². The first-order chi connectivity index (χ1) is 12.2. The Morgan fingerprint density at radius 2 is 2.15 bits per heavy atom. The lowest BCUT2D eigenvalue weighted by Gasteiger charge is -2.30. The predicted molar refractivity (Wildman–Crippen MR) is 95.9 cm³/mol. The van der Waals surface area contributed by atoms with Gasteiger partial charge in [-0.05, 0) is 26.3 Å². The van der Waals surface area contributed by atoms with Crippen molar-refractivity contribution in [2.45, 2.75) is 58.4 Å². The van der Waals surface area contributed by atoms with E-state index in [-0.39, 0.29) is 6.09 Å². The van der Waals surface area contributed by atoms with Gasteiger partial charge in [0.05, 0.1) is 30.6 Å². The number of nitrogens with zero attached hydrogens (tertiary/aromatic N) is 4. The van der Waals surface area contributed by atoms with E-state index in [0.29, 0.717) is 43.8 Å². The summed E-state index contributed by atoms with van der Waals surface area (Å²) < 4.78 is 7.25. The van der Waals surface area contributed by atoms with E-state index in [1.165, 1.54) is 7.11 Å². The van der Waals surface area contributed by atoms with Crippen molar-refractivity contribution >= 4 is 11.8 Å². The minimum absolute atomic E-state index is 0.346. The van der Waals surface area contributed by atoms with E-state index >= 15 is 0 Å². The van der Waals surface area contributed by atoms with Crippen LogP contribution in [0.2, 0.25) is 0 Å². The molecule has 1 N–H and O–H groups in total. The zero-order valence-electron chi connectivity index (χ0n) is 15.8. The maximum atomic E-state index is 12.5. The SMILES string of the molecule is C=C1CC(O)Cn2nc3c(c2/C1=N/OC)CN(C(=O)OC(C)(C)C)CC3. The molecule has 2 aliphatic heterocycles. The molecule has 1 aromatic rings.